The van der Waals surface area contributed by atoms with Gasteiger partial charge in [-0.3, -0.25) is 4.79 Å². The molecule has 4 aromatic rings. The molecule has 6 heteroatoms. The summed E-state index contributed by atoms with van der Waals surface area (Å²) in [6, 6.07) is 23.4. The largest absolute Gasteiger partial charge is 0.481 e. The maximum absolute atomic E-state index is 13.5. The van der Waals surface area contributed by atoms with Gasteiger partial charge in [0.1, 0.15) is 5.01 Å². The van der Waals surface area contributed by atoms with Crippen LogP contribution >= 0.6 is 11.3 Å². The number of para-hydroxylation sites is 1. The van der Waals surface area contributed by atoms with Gasteiger partial charge in [-0.1, -0.05) is 54.6 Å². The van der Waals surface area contributed by atoms with E-state index in [0.29, 0.717) is 5.69 Å². The van der Waals surface area contributed by atoms with Gasteiger partial charge in [-0.25, -0.2) is 9.37 Å². The Morgan fingerprint density at radius 1 is 0.931 bits per heavy atom. The first kappa shape index (κ1) is 18.8. The first-order valence-electron chi connectivity index (χ1n) is 8.97. The van der Waals surface area contributed by atoms with Gasteiger partial charge in [-0.15, -0.1) is 11.3 Å². The number of rotatable bonds is 6. The zero-order valence-corrected chi connectivity index (χ0v) is 16.2. The van der Waals surface area contributed by atoms with E-state index in [2.05, 4.69) is 10.3 Å². The fourth-order valence-electron chi connectivity index (χ4n) is 2.75. The second-order valence-electron chi connectivity index (χ2n) is 6.25. The summed E-state index contributed by atoms with van der Waals surface area (Å²) in [6.07, 6.45) is 0. The van der Waals surface area contributed by atoms with E-state index in [0.717, 1.165) is 21.8 Å². The Morgan fingerprint density at radius 3 is 2.41 bits per heavy atom. The quantitative estimate of drug-likeness (QED) is 0.453. The minimum atomic E-state index is -0.497. The predicted octanol–water partition coefficient (Wildman–Crippen LogP) is 5.63. The molecule has 0 spiro atoms. The van der Waals surface area contributed by atoms with Gasteiger partial charge in [0.2, 0.25) is 0 Å². The maximum atomic E-state index is 13.5. The second kappa shape index (κ2) is 8.67. The summed E-state index contributed by atoms with van der Waals surface area (Å²) in [7, 11) is 0. The van der Waals surface area contributed by atoms with E-state index in [4.69, 9.17) is 4.74 Å². The van der Waals surface area contributed by atoms with Crippen molar-refractivity contribution in [3.63, 3.8) is 0 Å². The Balaban J connectivity index is 1.37. The molecular formula is C23H17FN2O2S. The highest BCUT2D eigenvalue weighted by atomic mass is 32.1. The highest BCUT2D eigenvalue weighted by molar-refractivity contribution is 7.13. The third-order valence-corrected chi connectivity index (χ3v) is 5.08. The minimum Gasteiger partial charge on any atom is -0.481 e. The molecular weight excluding hydrogens is 387 g/mol. The molecule has 0 aliphatic heterocycles. The second-order valence-corrected chi connectivity index (χ2v) is 7.11. The number of amides is 1. The van der Waals surface area contributed by atoms with Gasteiger partial charge < -0.3 is 10.1 Å². The molecule has 29 heavy (non-hydrogen) atoms. The molecule has 1 heterocycles. The zero-order chi connectivity index (χ0) is 20.1. The summed E-state index contributed by atoms with van der Waals surface area (Å²) < 4.78 is 18.7. The lowest BCUT2D eigenvalue weighted by Crippen LogP contribution is -2.20. The highest BCUT2D eigenvalue weighted by Crippen LogP contribution is 2.29. The van der Waals surface area contributed by atoms with Crippen molar-refractivity contribution in [1.82, 2.24) is 4.98 Å². The van der Waals surface area contributed by atoms with E-state index in [-0.39, 0.29) is 18.3 Å². The number of benzene rings is 3. The number of nitrogens with zero attached hydrogens (tertiary/aromatic N) is 1. The van der Waals surface area contributed by atoms with Crippen LogP contribution < -0.4 is 10.1 Å². The molecule has 1 N–H and O–H groups in total. The number of carbonyl (C=O) groups is 1. The zero-order valence-electron chi connectivity index (χ0n) is 15.3. The molecule has 0 bridgehead atoms. The minimum absolute atomic E-state index is 0.0516. The molecule has 0 atom stereocenters. The number of halogens is 1. The fourth-order valence-corrected chi connectivity index (χ4v) is 3.58. The molecule has 4 nitrogen and oxygen atoms in total. The molecule has 1 amide bonds. The number of hydrogen-bond acceptors (Lipinski definition) is 4. The smallest absolute Gasteiger partial charge is 0.262 e. The molecule has 0 aliphatic rings. The molecule has 3 aromatic carbocycles. The van der Waals surface area contributed by atoms with E-state index in [1.165, 1.54) is 12.1 Å². The lowest BCUT2D eigenvalue weighted by Gasteiger charge is -2.08. The lowest BCUT2D eigenvalue weighted by atomic mass is 10.1. The van der Waals surface area contributed by atoms with Gasteiger partial charge in [0.05, 0.1) is 5.69 Å². The van der Waals surface area contributed by atoms with Gasteiger partial charge in [0.15, 0.2) is 18.2 Å². The van der Waals surface area contributed by atoms with E-state index >= 15 is 0 Å². The predicted molar refractivity (Wildman–Crippen MR) is 114 cm³/mol. The van der Waals surface area contributed by atoms with Crippen LogP contribution in [0.2, 0.25) is 0 Å². The van der Waals surface area contributed by atoms with Crippen LogP contribution in [-0.2, 0) is 4.79 Å². The summed E-state index contributed by atoms with van der Waals surface area (Å²) in [4.78, 5) is 16.7. The van der Waals surface area contributed by atoms with Gasteiger partial charge in [0.25, 0.3) is 5.91 Å². The van der Waals surface area contributed by atoms with Gasteiger partial charge in [-0.05, 0) is 24.3 Å². The summed E-state index contributed by atoms with van der Waals surface area (Å²) >= 11 is 1.59. The fraction of sp³-hybridized carbons (Fsp3) is 0.0435. The Kier molecular flexibility index (Phi) is 5.63. The van der Waals surface area contributed by atoms with Crippen LogP contribution in [-0.4, -0.2) is 17.5 Å². The topological polar surface area (TPSA) is 51.2 Å². The van der Waals surface area contributed by atoms with E-state index in [9.17, 15) is 9.18 Å². The number of hydrogen-bond donors (Lipinski definition) is 1. The highest BCUT2D eigenvalue weighted by Gasteiger charge is 2.09. The average molecular weight is 404 g/mol. The number of ether oxygens (including phenoxy) is 1. The number of nitrogens with one attached hydrogen (secondary N) is 1. The molecule has 144 valence electrons. The van der Waals surface area contributed by atoms with Gasteiger partial charge in [-0.2, -0.15) is 0 Å². The first-order chi connectivity index (χ1) is 14.2. The number of aromatic nitrogens is 1. The van der Waals surface area contributed by atoms with Crippen molar-refractivity contribution < 1.29 is 13.9 Å². The van der Waals surface area contributed by atoms with Crippen LogP contribution in [0.3, 0.4) is 0 Å². The van der Waals surface area contributed by atoms with Crippen molar-refractivity contribution in [1.29, 1.82) is 0 Å². The van der Waals surface area contributed by atoms with E-state index in [1.54, 1.807) is 35.6 Å². The Bertz CT molecular complexity index is 1110. The van der Waals surface area contributed by atoms with Crippen LogP contribution in [0.4, 0.5) is 10.1 Å². The van der Waals surface area contributed by atoms with Crippen molar-refractivity contribution >= 4 is 22.9 Å². The lowest BCUT2D eigenvalue weighted by molar-refractivity contribution is -0.118. The molecule has 0 unspecified atom stereocenters. The van der Waals surface area contributed by atoms with Crippen LogP contribution in [0.15, 0.2) is 84.2 Å². The van der Waals surface area contributed by atoms with Crippen LogP contribution in [0.1, 0.15) is 0 Å². The molecule has 4 rings (SSSR count). The van der Waals surface area contributed by atoms with E-state index in [1.807, 2.05) is 47.8 Å². The van der Waals surface area contributed by atoms with Crippen molar-refractivity contribution in [2.45, 2.75) is 0 Å². The average Bonchev–Trinajstić information content (AvgIpc) is 3.25. The van der Waals surface area contributed by atoms with Crippen molar-refractivity contribution in [2.75, 3.05) is 11.9 Å². The SMILES string of the molecule is O=C(COc1ccccc1F)Nc1ccc(-c2csc(-c3ccccc3)n2)cc1. The van der Waals surface area contributed by atoms with Gasteiger partial charge in [0, 0.05) is 22.2 Å². The molecule has 0 saturated carbocycles. The Hall–Kier alpha value is -3.51. The monoisotopic (exact) mass is 404 g/mol. The summed E-state index contributed by atoms with van der Waals surface area (Å²) in [6.45, 7) is -0.269. The molecule has 0 aliphatic carbocycles. The van der Waals surface area contributed by atoms with Crippen molar-refractivity contribution in [3.8, 4) is 27.6 Å². The van der Waals surface area contributed by atoms with Crippen LogP contribution in [0.5, 0.6) is 5.75 Å². The number of anilines is 1. The molecule has 1 aromatic heterocycles. The van der Waals surface area contributed by atoms with Crippen LogP contribution in [0.25, 0.3) is 21.8 Å². The Morgan fingerprint density at radius 2 is 1.66 bits per heavy atom. The maximum Gasteiger partial charge on any atom is 0.262 e. The summed E-state index contributed by atoms with van der Waals surface area (Å²) in [5.74, 6) is -0.806. The summed E-state index contributed by atoms with van der Waals surface area (Å²) in [5, 5.41) is 5.71. The summed E-state index contributed by atoms with van der Waals surface area (Å²) in [5.41, 5.74) is 3.57. The molecule has 0 fully saturated rings. The van der Waals surface area contributed by atoms with Crippen molar-refractivity contribution in [3.05, 3.63) is 90.1 Å². The van der Waals surface area contributed by atoms with Gasteiger partial charge >= 0.3 is 0 Å². The van der Waals surface area contributed by atoms with Crippen molar-refractivity contribution in [2.24, 2.45) is 0 Å². The third kappa shape index (κ3) is 4.67. The number of carbonyl (C=O) groups excluding carboxylic acids is 1. The van der Waals surface area contributed by atoms with Crippen LogP contribution in [0, 0.1) is 5.82 Å². The Labute approximate surface area is 171 Å². The third-order valence-electron chi connectivity index (χ3n) is 4.18. The number of thiazole rings is 1. The molecule has 0 radical (unpaired) electrons. The standard InChI is InChI=1S/C23H17FN2O2S/c24-19-8-4-5-9-21(19)28-14-22(27)25-18-12-10-16(11-13-18)20-15-29-23(26-20)17-6-2-1-3-7-17/h1-13,15H,14H2,(H,25,27). The first-order valence-corrected chi connectivity index (χ1v) is 9.85. The van der Waals surface area contributed by atoms with E-state index < -0.39 is 5.82 Å². The normalized spacial score (nSPS) is 10.5. The molecule has 0 saturated heterocycles.